The molecular weight excluding hydrogens is 244 g/mol. The predicted molar refractivity (Wildman–Crippen MR) is 86.3 cm³/mol. The Hall–Kier alpha value is -0.820. The van der Waals surface area contributed by atoms with Gasteiger partial charge in [-0.2, -0.15) is 0 Å². The van der Waals surface area contributed by atoms with Crippen molar-refractivity contribution in [3.63, 3.8) is 0 Å². The molecule has 0 radical (unpaired) electrons. The first-order valence-corrected chi connectivity index (χ1v) is 8.07. The van der Waals surface area contributed by atoms with E-state index < -0.39 is 0 Å². The molecule has 1 fully saturated rings. The number of rotatable bonds is 3. The molecule has 0 amide bonds. The fraction of sp³-hybridized carbons (Fsp3) is 0.684. The zero-order valence-electron chi connectivity index (χ0n) is 13.8. The smallest absolute Gasteiger partial charge is 0.0608 e. The van der Waals surface area contributed by atoms with Crippen LogP contribution in [0.25, 0.3) is 0 Å². The maximum Gasteiger partial charge on any atom is 0.0608 e. The Morgan fingerprint density at radius 1 is 1.10 bits per heavy atom. The molecule has 1 N–H and O–H groups in total. The van der Waals surface area contributed by atoms with Crippen LogP contribution in [0.2, 0.25) is 0 Å². The largest absolute Gasteiger partial charge is 0.392 e. The maximum absolute atomic E-state index is 10.5. The second-order valence-corrected chi connectivity index (χ2v) is 7.65. The van der Waals surface area contributed by atoms with Crippen molar-refractivity contribution in [3.05, 3.63) is 34.4 Å². The predicted octanol–water partition coefficient (Wildman–Crippen LogP) is 4.69. The van der Waals surface area contributed by atoms with E-state index in [4.69, 9.17) is 0 Å². The molecule has 0 spiro atoms. The molecular formula is C19H30O. The van der Waals surface area contributed by atoms with Gasteiger partial charge in [0.25, 0.3) is 0 Å². The molecule has 20 heavy (non-hydrogen) atoms. The van der Waals surface area contributed by atoms with Crippen molar-refractivity contribution < 1.29 is 5.11 Å². The van der Waals surface area contributed by atoms with E-state index in [2.05, 4.69) is 46.8 Å². The van der Waals surface area contributed by atoms with Gasteiger partial charge in [-0.1, -0.05) is 45.7 Å². The Bertz CT molecular complexity index is 438. The van der Waals surface area contributed by atoms with Crippen LogP contribution < -0.4 is 0 Å². The lowest BCUT2D eigenvalue weighted by Gasteiger charge is -2.24. The van der Waals surface area contributed by atoms with Crippen LogP contribution in [0.3, 0.4) is 0 Å². The van der Waals surface area contributed by atoms with Gasteiger partial charge in [0.2, 0.25) is 0 Å². The van der Waals surface area contributed by atoms with E-state index in [1.165, 1.54) is 47.9 Å². The molecule has 2 rings (SSSR count). The van der Waals surface area contributed by atoms with Crippen LogP contribution in [0.5, 0.6) is 0 Å². The van der Waals surface area contributed by atoms with E-state index in [9.17, 15) is 5.11 Å². The Kier molecular flexibility index (Phi) is 4.59. The van der Waals surface area contributed by atoms with Gasteiger partial charge < -0.3 is 5.11 Å². The molecule has 1 saturated carbocycles. The minimum Gasteiger partial charge on any atom is -0.392 e. The average Bonchev–Trinajstić information content (AvgIpc) is 2.85. The van der Waals surface area contributed by atoms with Crippen molar-refractivity contribution in [2.75, 3.05) is 0 Å². The van der Waals surface area contributed by atoms with Crippen LogP contribution >= 0.6 is 0 Å². The minimum absolute atomic E-state index is 0.157. The molecule has 0 heterocycles. The molecule has 1 aromatic rings. The third-order valence-electron chi connectivity index (χ3n) is 4.92. The minimum atomic E-state index is -0.157. The lowest BCUT2D eigenvalue weighted by molar-refractivity contribution is 0.111. The summed E-state index contributed by atoms with van der Waals surface area (Å²) in [5.74, 6) is 0.524. The van der Waals surface area contributed by atoms with Crippen molar-refractivity contribution in [1.29, 1.82) is 0 Å². The summed E-state index contributed by atoms with van der Waals surface area (Å²) in [5, 5.41) is 10.5. The summed E-state index contributed by atoms with van der Waals surface area (Å²) >= 11 is 0. The lowest BCUT2D eigenvalue weighted by atomic mass is 9.82. The van der Waals surface area contributed by atoms with E-state index in [0.717, 1.165) is 6.42 Å². The highest BCUT2D eigenvalue weighted by Crippen LogP contribution is 2.32. The molecule has 1 aliphatic carbocycles. The number of aryl methyl sites for hydroxylation is 2. The number of aliphatic hydroxyl groups excluding tert-OH is 1. The van der Waals surface area contributed by atoms with Crippen molar-refractivity contribution in [2.45, 2.75) is 78.2 Å². The van der Waals surface area contributed by atoms with Crippen LogP contribution in [0.1, 0.15) is 68.7 Å². The standard InChI is InChI=1S/C19H30O/c1-13-10-16(19(3,4)5)11-14(2)17(13)12-18(20)15-8-6-7-9-15/h10-11,15,18,20H,6-9,12H2,1-5H3. The summed E-state index contributed by atoms with van der Waals surface area (Å²) in [6, 6.07) is 4.62. The number of benzene rings is 1. The van der Waals surface area contributed by atoms with E-state index >= 15 is 0 Å². The van der Waals surface area contributed by atoms with Gasteiger partial charge in [0.05, 0.1) is 6.10 Å². The third kappa shape index (κ3) is 3.44. The molecule has 1 unspecified atom stereocenters. The van der Waals surface area contributed by atoms with Gasteiger partial charge in [-0.15, -0.1) is 0 Å². The van der Waals surface area contributed by atoms with Gasteiger partial charge in [-0.25, -0.2) is 0 Å². The van der Waals surface area contributed by atoms with Gasteiger partial charge in [0.15, 0.2) is 0 Å². The van der Waals surface area contributed by atoms with Crippen LogP contribution in [-0.4, -0.2) is 11.2 Å². The summed E-state index contributed by atoms with van der Waals surface area (Å²) < 4.78 is 0. The van der Waals surface area contributed by atoms with Crippen molar-refractivity contribution >= 4 is 0 Å². The van der Waals surface area contributed by atoms with Crippen LogP contribution in [0, 0.1) is 19.8 Å². The first-order chi connectivity index (χ1) is 9.29. The highest BCUT2D eigenvalue weighted by atomic mass is 16.3. The zero-order chi connectivity index (χ0) is 14.9. The Labute approximate surface area is 124 Å². The van der Waals surface area contributed by atoms with Crippen molar-refractivity contribution in [2.24, 2.45) is 5.92 Å². The lowest BCUT2D eigenvalue weighted by Crippen LogP contribution is -2.22. The molecule has 0 aliphatic heterocycles. The molecule has 0 bridgehead atoms. The summed E-state index contributed by atoms with van der Waals surface area (Å²) in [4.78, 5) is 0. The van der Waals surface area contributed by atoms with E-state index in [1.807, 2.05) is 0 Å². The van der Waals surface area contributed by atoms with Crippen LogP contribution in [-0.2, 0) is 11.8 Å². The molecule has 1 aromatic carbocycles. The third-order valence-corrected chi connectivity index (χ3v) is 4.92. The summed E-state index contributed by atoms with van der Waals surface area (Å²) in [6.45, 7) is 11.2. The Morgan fingerprint density at radius 2 is 1.60 bits per heavy atom. The van der Waals surface area contributed by atoms with Gasteiger partial charge in [-0.3, -0.25) is 0 Å². The number of aliphatic hydroxyl groups is 1. The van der Waals surface area contributed by atoms with Gasteiger partial charge >= 0.3 is 0 Å². The SMILES string of the molecule is Cc1cc(C(C)(C)C)cc(C)c1CC(O)C1CCCC1. The molecule has 1 aliphatic rings. The fourth-order valence-corrected chi connectivity index (χ4v) is 3.47. The van der Waals surface area contributed by atoms with Crippen LogP contribution in [0.15, 0.2) is 12.1 Å². The first kappa shape index (κ1) is 15.6. The quantitative estimate of drug-likeness (QED) is 0.847. The average molecular weight is 274 g/mol. The second kappa shape index (κ2) is 5.89. The second-order valence-electron chi connectivity index (χ2n) is 7.65. The Balaban J connectivity index is 2.20. The molecule has 112 valence electrons. The summed E-state index contributed by atoms with van der Waals surface area (Å²) in [5.41, 5.74) is 5.63. The zero-order valence-corrected chi connectivity index (χ0v) is 13.8. The first-order valence-electron chi connectivity index (χ1n) is 8.07. The van der Waals surface area contributed by atoms with Crippen molar-refractivity contribution in [1.82, 2.24) is 0 Å². The molecule has 0 saturated heterocycles. The summed E-state index contributed by atoms with van der Waals surface area (Å²) in [7, 11) is 0. The highest BCUT2D eigenvalue weighted by Gasteiger charge is 2.25. The van der Waals surface area contributed by atoms with E-state index in [0.29, 0.717) is 5.92 Å². The van der Waals surface area contributed by atoms with Gasteiger partial charge in [-0.05, 0) is 66.7 Å². The monoisotopic (exact) mass is 274 g/mol. The van der Waals surface area contributed by atoms with E-state index in [1.54, 1.807) is 0 Å². The fourth-order valence-electron chi connectivity index (χ4n) is 3.47. The molecule has 1 atom stereocenters. The molecule has 1 heteroatoms. The normalized spacial score (nSPS) is 18.5. The van der Waals surface area contributed by atoms with Crippen molar-refractivity contribution in [3.8, 4) is 0 Å². The highest BCUT2D eigenvalue weighted by molar-refractivity contribution is 5.40. The topological polar surface area (TPSA) is 20.2 Å². The molecule has 0 aromatic heterocycles. The Morgan fingerprint density at radius 3 is 2.05 bits per heavy atom. The maximum atomic E-state index is 10.5. The number of hydrogen-bond donors (Lipinski definition) is 1. The number of hydrogen-bond acceptors (Lipinski definition) is 1. The van der Waals surface area contributed by atoms with E-state index in [-0.39, 0.29) is 11.5 Å². The van der Waals surface area contributed by atoms with Gasteiger partial charge in [0, 0.05) is 0 Å². The molecule has 1 nitrogen and oxygen atoms in total. The van der Waals surface area contributed by atoms with Crippen LogP contribution in [0.4, 0.5) is 0 Å². The van der Waals surface area contributed by atoms with Gasteiger partial charge in [0.1, 0.15) is 0 Å². The summed E-state index contributed by atoms with van der Waals surface area (Å²) in [6.07, 6.45) is 5.67.